The van der Waals surface area contributed by atoms with Crippen LogP contribution in [0, 0.1) is 0 Å². The van der Waals surface area contributed by atoms with Crippen molar-refractivity contribution in [2.75, 3.05) is 11.9 Å². The molecule has 0 saturated heterocycles. The minimum absolute atomic E-state index is 0.0178. The van der Waals surface area contributed by atoms with Gasteiger partial charge >= 0.3 is 6.18 Å². The van der Waals surface area contributed by atoms with Crippen molar-refractivity contribution in [2.45, 2.75) is 11.1 Å². The number of carbonyl (C=O) groups excluding carboxylic acids is 1. The van der Waals surface area contributed by atoms with Gasteiger partial charge in [0.15, 0.2) is 0 Å². The summed E-state index contributed by atoms with van der Waals surface area (Å²) in [6.07, 6.45) is -3.08. The molecule has 0 spiro atoms. The van der Waals surface area contributed by atoms with Gasteiger partial charge in [0.05, 0.1) is 16.1 Å². The average molecular weight is 409 g/mol. The summed E-state index contributed by atoms with van der Waals surface area (Å²) in [7, 11) is -4.42. The summed E-state index contributed by atoms with van der Waals surface area (Å²) in [5.74, 6) is -0.607. The molecule has 1 heterocycles. The highest BCUT2D eigenvalue weighted by Gasteiger charge is 2.30. The molecule has 0 atom stereocenters. The molecule has 0 aliphatic heterocycles. The van der Waals surface area contributed by atoms with E-state index in [1.54, 1.807) is 36.5 Å². The molecule has 1 aromatic heterocycles. The van der Waals surface area contributed by atoms with Crippen LogP contribution in [0.1, 0.15) is 10.4 Å². The van der Waals surface area contributed by atoms with E-state index in [4.69, 9.17) is 0 Å². The number of alkyl halides is 3. The van der Waals surface area contributed by atoms with Crippen LogP contribution in [0.25, 0.3) is 10.9 Å². The molecular weight excluding hydrogens is 395 g/mol. The number of hydrogen-bond donors (Lipinski definition) is 2. The van der Waals surface area contributed by atoms with Crippen molar-refractivity contribution in [3.63, 3.8) is 0 Å². The molecule has 3 aromatic rings. The Bertz CT molecular complexity index is 1130. The average Bonchev–Trinajstić information content (AvgIpc) is 2.66. The minimum Gasteiger partial charge on any atom is -0.321 e. The van der Waals surface area contributed by atoms with Crippen molar-refractivity contribution >= 4 is 32.5 Å². The quantitative estimate of drug-likeness (QED) is 0.677. The summed E-state index contributed by atoms with van der Waals surface area (Å²) in [6.45, 7) is -1.70. The Kier molecular flexibility index (Phi) is 5.34. The molecule has 3 rings (SSSR count). The van der Waals surface area contributed by atoms with Crippen LogP contribution in [0.4, 0.5) is 18.9 Å². The normalized spacial score (nSPS) is 12.1. The number of hydrogen-bond acceptors (Lipinski definition) is 4. The number of anilines is 1. The molecule has 2 N–H and O–H groups in total. The van der Waals surface area contributed by atoms with Crippen molar-refractivity contribution in [2.24, 2.45) is 0 Å². The maximum Gasteiger partial charge on any atom is 0.402 e. The smallest absolute Gasteiger partial charge is 0.321 e. The number of nitrogens with one attached hydrogen (secondary N) is 2. The Morgan fingerprint density at radius 2 is 1.79 bits per heavy atom. The molecule has 28 heavy (non-hydrogen) atoms. The number of sulfonamides is 1. The molecule has 0 aliphatic carbocycles. The van der Waals surface area contributed by atoms with Gasteiger partial charge in [-0.15, -0.1) is 0 Å². The highest BCUT2D eigenvalue weighted by atomic mass is 32.2. The SMILES string of the molecule is O=C(Nc1cccc2ncccc12)c1cccc(S(=O)(=O)NCC(F)(F)F)c1. The predicted octanol–water partition coefficient (Wildman–Crippen LogP) is 3.33. The number of fused-ring (bicyclic) bond motifs is 1. The Labute approximate surface area is 158 Å². The zero-order valence-electron chi connectivity index (χ0n) is 14.2. The van der Waals surface area contributed by atoms with E-state index in [-0.39, 0.29) is 5.56 Å². The molecule has 0 radical (unpaired) electrons. The molecule has 0 bridgehead atoms. The van der Waals surface area contributed by atoms with Crippen LogP contribution in [-0.2, 0) is 10.0 Å². The second-order valence-corrected chi connectivity index (χ2v) is 7.56. The number of amides is 1. The Morgan fingerprint density at radius 3 is 2.54 bits per heavy atom. The zero-order chi connectivity index (χ0) is 20.4. The summed E-state index contributed by atoms with van der Waals surface area (Å²) < 4.78 is 62.4. The number of pyridine rings is 1. The maximum absolute atomic E-state index is 12.5. The molecule has 10 heteroatoms. The summed E-state index contributed by atoms with van der Waals surface area (Å²) >= 11 is 0. The standard InChI is InChI=1S/C18H14F3N3O3S/c19-18(20,21)11-23-28(26,27)13-5-1-4-12(10-13)17(25)24-16-8-2-7-15-14(16)6-3-9-22-15/h1-10,23H,11H2,(H,24,25). The Balaban J connectivity index is 1.84. The van der Waals surface area contributed by atoms with Crippen LogP contribution in [-0.4, -0.2) is 32.0 Å². The number of halogens is 3. The molecular formula is C18H14F3N3O3S. The van der Waals surface area contributed by atoms with E-state index in [1.807, 2.05) is 0 Å². The summed E-state index contributed by atoms with van der Waals surface area (Å²) in [6, 6.07) is 13.4. The molecule has 0 aliphatic rings. The summed E-state index contributed by atoms with van der Waals surface area (Å²) in [4.78, 5) is 16.3. The molecule has 0 unspecified atom stereocenters. The fraction of sp³-hybridized carbons (Fsp3) is 0.111. The van der Waals surface area contributed by atoms with Gasteiger partial charge in [0, 0.05) is 17.1 Å². The summed E-state index contributed by atoms with van der Waals surface area (Å²) in [5.41, 5.74) is 1.11. The van der Waals surface area contributed by atoms with Crippen LogP contribution >= 0.6 is 0 Å². The molecule has 2 aromatic carbocycles. The van der Waals surface area contributed by atoms with E-state index >= 15 is 0 Å². The van der Waals surface area contributed by atoms with Gasteiger partial charge < -0.3 is 5.32 Å². The molecule has 1 amide bonds. The van der Waals surface area contributed by atoms with Gasteiger partial charge in [-0.25, -0.2) is 13.1 Å². The Hall–Kier alpha value is -2.98. The minimum atomic E-state index is -4.69. The van der Waals surface area contributed by atoms with Gasteiger partial charge in [-0.3, -0.25) is 9.78 Å². The highest BCUT2D eigenvalue weighted by Crippen LogP contribution is 2.22. The molecule has 6 nitrogen and oxygen atoms in total. The van der Waals surface area contributed by atoms with Gasteiger partial charge in [0.25, 0.3) is 5.91 Å². The first-order chi connectivity index (χ1) is 13.2. The van der Waals surface area contributed by atoms with Crippen molar-refractivity contribution in [1.82, 2.24) is 9.71 Å². The lowest BCUT2D eigenvalue weighted by Gasteiger charge is -2.11. The topological polar surface area (TPSA) is 88.2 Å². The van der Waals surface area contributed by atoms with E-state index in [1.165, 1.54) is 16.9 Å². The van der Waals surface area contributed by atoms with Crippen molar-refractivity contribution in [1.29, 1.82) is 0 Å². The third-order valence-electron chi connectivity index (χ3n) is 3.76. The lowest BCUT2D eigenvalue weighted by molar-refractivity contribution is -0.121. The van der Waals surface area contributed by atoms with Crippen LogP contribution in [0.15, 0.2) is 65.7 Å². The van der Waals surface area contributed by atoms with Gasteiger partial charge in [0.2, 0.25) is 10.0 Å². The number of benzene rings is 2. The second-order valence-electron chi connectivity index (χ2n) is 5.80. The number of carbonyl (C=O) groups is 1. The molecule has 0 saturated carbocycles. The van der Waals surface area contributed by atoms with Gasteiger partial charge in [0.1, 0.15) is 6.54 Å². The van der Waals surface area contributed by atoms with E-state index < -0.39 is 33.5 Å². The van der Waals surface area contributed by atoms with Crippen LogP contribution < -0.4 is 10.0 Å². The number of rotatable bonds is 5. The van der Waals surface area contributed by atoms with Crippen LogP contribution in [0.2, 0.25) is 0 Å². The van der Waals surface area contributed by atoms with E-state index in [0.717, 1.165) is 12.1 Å². The number of nitrogens with zero attached hydrogens (tertiary/aromatic N) is 1. The Morgan fingerprint density at radius 1 is 1.04 bits per heavy atom. The predicted molar refractivity (Wildman–Crippen MR) is 97.4 cm³/mol. The van der Waals surface area contributed by atoms with E-state index in [2.05, 4.69) is 10.3 Å². The second kappa shape index (κ2) is 7.56. The van der Waals surface area contributed by atoms with E-state index in [0.29, 0.717) is 16.6 Å². The first-order valence-corrected chi connectivity index (χ1v) is 9.46. The largest absolute Gasteiger partial charge is 0.402 e. The zero-order valence-corrected chi connectivity index (χ0v) is 15.0. The van der Waals surface area contributed by atoms with Crippen molar-refractivity contribution in [3.05, 3.63) is 66.4 Å². The van der Waals surface area contributed by atoms with Crippen LogP contribution in [0.5, 0.6) is 0 Å². The molecule has 146 valence electrons. The lowest BCUT2D eigenvalue weighted by atomic mass is 10.1. The summed E-state index contributed by atoms with van der Waals surface area (Å²) in [5, 5.41) is 3.35. The number of aromatic nitrogens is 1. The van der Waals surface area contributed by atoms with E-state index in [9.17, 15) is 26.4 Å². The fourth-order valence-electron chi connectivity index (χ4n) is 2.47. The fourth-order valence-corrected chi connectivity index (χ4v) is 3.53. The van der Waals surface area contributed by atoms with Gasteiger partial charge in [-0.05, 0) is 42.5 Å². The lowest BCUT2D eigenvalue weighted by Crippen LogP contribution is -2.33. The third-order valence-corrected chi connectivity index (χ3v) is 5.16. The van der Waals surface area contributed by atoms with Crippen molar-refractivity contribution < 1.29 is 26.4 Å². The van der Waals surface area contributed by atoms with Gasteiger partial charge in [-0.1, -0.05) is 12.1 Å². The van der Waals surface area contributed by atoms with Crippen molar-refractivity contribution in [3.8, 4) is 0 Å². The highest BCUT2D eigenvalue weighted by molar-refractivity contribution is 7.89. The van der Waals surface area contributed by atoms with Crippen LogP contribution in [0.3, 0.4) is 0 Å². The first-order valence-electron chi connectivity index (χ1n) is 7.97. The first kappa shape index (κ1) is 19.8. The maximum atomic E-state index is 12.5. The third kappa shape index (κ3) is 4.65. The monoisotopic (exact) mass is 409 g/mol. The van der Waals surface area contributed by atoms with Gasteiger partial charge in [-0.2, -0.15) is 13.2 Å². The molecule has 0 fully saturated rings.